The van der Waals surface area contributed by atoms with Crippen LogP contribution in [-0.2, 0) is 19.4 Å². The molecule has 0 spiro atoms. The molecule has 4 heteroatoms. The van der Waals surface area contributed by atoms with E-state index in [1.165, 1.54) is 11.3 Å². The van der Waals surface area contributed by atoms with Gasteiger partial charge in [0, 0.05) is 23.1 Å². The molecule has 2 rings (SSSR count). The molecule has 108 valence electrons. The molecule has 1 aromatic heterocycles. The van der Waals surface area contributed by atoms with Crippen LogP contribution < -0.4 is 0 Å². The van der Waals surface area contributed by atoms with Gasteiger partial charge in [-0.15, -0.1) is 11.6 Å². The van der Waals surface area contributed by atoms with E-state index in [9.17, 15) is 0 Å². The Morgan fingerprint density at radius 1 is 1.20 bits per heavy atom. The van der Waals surface area contributed by atoms with Gasteiger partial charge in [-0.2, -0.15) is 5.10 Å². The van der Waals surface area contributed by atoms with Gasteiger partial charge in [0.2, 0.25) is 0 Å². The molecule has 20 heavy (non-hydrogen) atoms. The van der Waals surface area contributed by atoms with Crippen molar-refractivity contribution in [3.05, 3.63) is 52.3 Å². The SMILES string of the molecule is CCn1nc(C)cc1CC(CCl)Cc1ccc(Cl)cc1. The summed E-state index contributed by atoms with van der Waals surface area (Å²) in [6, 6.07) is 10.2. The lowest BCUT2D eigenvalue weighted by molar-refractivity contribution is 0.531. The van der Waals surface area contributed by atoms with Crippen molar-refractivity contribution in [1.82, 2.24) is 9.78 Å². The minimum atomic E-state index is 0.416. The smallest absolute Gasteiger partial charge is 0.0596 e. The molecule has 2 aromatic rings. The zero-order valence-electron chi connectivity index (χ0n) is 11.9. The highest BCUT2D eigenvalue weighted by atomic mass is 35.5. The molecule has 0 radical (unpaired) electrons. The van der Waals surface area contributed by atoms with E-state index in [1.807, 2.05) is 19.1 Å². The monoisotopic (exact) mass is 310 g/mol. The van der Waals surface area contributed by atoms with Crippen molar-refractivity contribution in [2.75, 3.05) is 5.88 Å². The highest BCUT2D eigenvalue weighted by molar-refractivity contribution is 6.30. The fourth-order valence-electron chi connectivity index (χ4n) is 2.47. The molecule has 1 unspecified atom stereocenters. The average Bonchev–Trinajstić information content (AvgIpc) is 2.80. The Labute approximate surface area is 130 Å². The van der Waals surface area contributed by atoms with Crippen molar-refractivity contribution in [2.45, 2.75) is 33.2 Å². The lowest BCUT2D eigenvalue weighted by Crippen LogP contribution is -2.13. The van der Waals surface area contributed by atoms with E-state index in [2.05, 4.69) is 34.9 Å². The van der Waals surface area contributed by atoms with E-state index in [4.69, 9.17) is 23.2 Å². The van der Waals surface area contributed by atoms with Gasteiger partial charge in [0.05, 0.1) is 5.69 Å². The van der Waals surface area contributed by atoms with Crippen LogP contribution in [0.25, 0.3) is 0 Å². The standard InChI is InChI=1S/C16H20Cl2N2/c1-3-20-16(8-12(2)19-20)10-14(11-17)9-13-4-6-15(18)7-5-13/h4-8,14H,3,9-11H2,1-2H3. The number of benzene rings is 1. The predicted octanol–water partition coefficient (Wildman–Crippen LogP) is 4.51. The minimum Gasteiger partial charge on any atom is -0.270 e. The Balaban J connectivity index is 2.06. The van der Waals surface area contributed by atoms with Crippen LogP contribution >= 0.6 is 23.2 Å². The van der Waals surface area contributed by atoms with E-state index in [1.54, 1.807) is 0 Å². The van der Waals surface area contributed by atoms with E-state index in [0.717, 1.165) is 30.1 Å². The molecular formula is C16H20Cl2N2. The molecule has 0 amide bonds. The Bertz CT molecular complexity index is 546. The molecule has 0 aliphatic carbocycles. The van der Waals surface area contributed by atoms with E-state index in [0.29, 0.717) is 11.8 Å². The quantitative estimate of drug-likeness (QED) is 0.718. The third-order valence-electron chi connectivity index (χ3n) is 3.44. The number of nitrogens with zero attached hydrogens (tertiary/aromatic N) is 2. The lowest BCUT2D eigenvalue weighted by atomic mass is 9.96. The molecule has 1 heterocycles. The Kier molecular flexibility index (Phi) is 5.50. The first kappa shape index (κ1) is 15.4. The normalized spacial score (nSPS) is 12.6. The predicted molar refractivity (Wildman–Crippen MR) is 85.7 cm³/mol. The molecule has 1 aromatic carbocycles. The molecule has 0 aliphatic heterocycles. The van der Waals surface area contributed by atoms with Gasteiger partial charge in [0.15, 0.2) is 0 Å². The molecule has 2 nitrogen and oxygen atoms in total. The molecular weight excluding hydrogens is 291 g/mol. The maximum atomic E-state index is 6.15. The number of alkyl halides is 1. The Morgan fingerprint density at radius 3 is 2.50 bits per heavy atom. The maximum absolute atomic E-state index is 6.15. The van der Waals surface area contributed by atoms with Gasteiger partial charge >= 0.3 is 0 Å². The zero-order chi connectivity index (χ0) is 14.5. The summed E-state index contributed by atoms with van der Waals surface area (Å²) >= 11 is 12.1. The average molecular weight is 311 g/mol. The number of aryl methyl sites for hydroxylation is 2. The van der Waals surface area contributed by atoms with Crippen molar-refractivity contribution < 1.29 is 0 Å². The third kappa shape index (κ3) is 4.00. The molecule has 0 saturated carbocycles. The fraction of sp³-hybridized carbons (Fsp3) is 0.438. The van der Waals surface area contributed by atoms with E-state index in [-0.39, 0.29) is 0 Å². The number of halogens is 2. The summed E-state index contributed by atoms with van der Waals surface area (Å²) in [4.78, 5) is 0. The highest BCUT2D eigenvalue weighted by Crippen LogP contribution is 2.19. The van der Waals surface area contributed by atoms with Crippen LogP contribution in [0, 0.1) is 12.8 Å². The summed E-state index contributed by atoms with van der Waals surface area (Å²) in [6.45, 7) is 5.05. The molecule has 0 N–H and O–H groups in total. The number of hydrogen-bond acceptors (Lipinski definition) is 1. The van der Waals surface area contributed by atoms with Crippen LogP contribution in [0.3, 0.4) is 0 Å². The zero-order valence-corrected chi connectivity index (χ0v) is 13.5. The van der Waals surface area contributed by atoms with Gasteiger partial charge in [-0.05, 0) is 56.4 Å². The topological polar surface area (TPSA) is 17.8 Å². The van der Waals surface area contributed by atoms with Crippen LogP contribution in [0.5, 0.6) is 0 Å². The first-order valence-corrected chi connectivity index (χ1v) is 7.87. The molecule has 0 bridgehead atoms. The van der Waals surface area contributed by atoms with Crippen molar-refractivity contribution in [3.8, 4) is 0 Å². The third-order valence-corrected chi connectivity index (χ3v) is 4.13. The van der Waals surface area contributed by atoms with Gasteiger partial charge in [0.1, 0.15) is 0 Å². The summed E-state index contributed by atoms with van der Waals surface area (Å²) in [7, 11) is 0. The Hall–Kier alpha value is -0.990. The second kappa shape index (κ2) is 7.14. The van der Waals surface area contributed by atoms with E-state index < -0.39 is 0 Å². The largest absolute Gasteiger partial charge is 0.270 e. The minimum absolute atomic E-state index is 0.416. The summed E-state index contributed by atoms with van der Waals surface area (Å²) in [6.07, 6.45) is 1.93. The highest BCUT2D eigenvalue weighted by Gasteiger charge is 2.13. The second-order valence-electron chi connectivity index (χ2n) is 5.15. The summed E-state index contributed by atoms with van der Waals surface area (Å²) in [5, 5.41) is 5.27. The van der Waals surface area contributed by atoms with Crippen molar-refractivity contribution >= 4 is 23.2 Å². The Morgan fingerprint density at radius 2 is 1.90 bits per heavy atom. The fourth-order valence-corrected chi connectivity index (χ4v) is 2.81. The first-order chi connectivity index (χ1) is 9.62. The van der Waals surface area contributed by atoms with E-state index >= 15 is 0 Å². The van der Waals surface area contributed by atoms with Crippen LogP contribution in [0.2, 0.25) is 5.02 Å². The van der Waals surface area contributed by atoms with Gasteiger partial charge in [0.25, 0.3) is 0 Å². The van der Waals surface area contributed by atoms with Gasteiger partial charge in [-0.1, -0.05) is 23.7 Å². The molecule has 0 aliphatic rings. The van der Waals surface area contributed by atoms with Gasteiger partial charge in [-0.3, -0.25) is 4.68 Å². The second-order valence-corrected chi connectivity index (χ2v) is 5.89. The van der Waals surface area contributed by atoms with Crippen molar-refractivity contribution in [3.63, 3.8) is 0 Å². The van der Waals surface area contributed by atoms with Gasteiger partial charge in [-0.25, -0.2) is 0 Å². The van der Waals surface area contributed by atoms with Crippen LogP contribution in [-0.4, -0.2) is 15.7 Å². The van der Waals surface area contributed by atoms with Crippen LogP contribution in [0.1, 0.15) is 23.9 Å². The molecule has 1 atom stereocenters. The van der Waals surface area contributed by atoms with Crippen molar-refractivity contribution in [1.29, 1.82) is 0 Å². The van der Waals surface area contributed by atoms with Gasteiger partial charge < -0.3 is 0 Å². The summed E-state index contributed by atoms with van der Waals surface area (Å²) < 4.78 is 2.07. The molecule has 0 fully saturated rings. The van der Waals surface area contributed by atoms with Crippen molar-refractivity contribution in [2.24, 2.45) is 5.92 Å². The lowest BCUT2D eigenvalue weighted by Gasteiger charge is -2.14. The number of aromatic nitrogens is 2. The first-order valence-electron chi connectivity index (χ1n) is 6.96. The maximum Gasteiger partial charge on any atom is 0.0596 e. The summed E-state index contributed by atoms with van der Waals surface area (Å²) in [5.74, 6) is 1.07. The number of rotatable bonds is 6. The van der Waals surface area contributed by atoms with Crippen LogP contribution in [0.15, 0.2) is 30.3 Å². The summed E-state index contributed by atoms with van der Waals surface area (Å²) in [5.41, 5.74) is 3.62. The number of hydrogen-bond donors (Lipinski definition) is 0. The molecule has 0 saturated heterocycles. The van der Waals surface area contributed by atoms with Crippen LogP contribution in [0.4, 0.5) is 0 Å².